The van der Waals surface area contributed by atoms with Crippen LogP contribution in [0.5, 0.6) is 0 Å². The van der Waals surface area contributed by atoms with Crippen molar-refractivity contribution in [3.8, 4) is 0 Å². The van der Waals surface area contributed by atoms with Crippen molar-refractivity contribution < 1.29 is 19.8 Å². The van der Waals surface area contributed by atoms with Gasteiger partial charge in [0.15, 0.2) is 0 Å². The predicted molar refractivity (Wildman–Crippen MR) is 66.3 cm³/mol. The van der Waals surface area contributed by atoms with Crippen LogP contribution in [-0.2, 0) is 4.79 Å². The molecule has 0 bridgehead atoms. The van der Waals surface area contributed by atoms with Gasteiger partial charge in [0, 0.05) is 19.0 Å². The maximum Gasteiger partial charge on any atom is 0.326 e. The SMILES string of the molecule is CCCC(CC)NC(=O)N1CC(O)C[C@H]1C(=O)O. The molecular formula is C12H22N2O4. The van der Waals surface area contributed by atoms with Gasteiger partial charge in [-0.1, -0.05) is 20.3 Å². The van der Waals surface area contributed by atoms with E-state index in [1.807, 2.05) is 13.8 Å². The van der Waals surface area contributed by atoms with E-state index in [4.69, 9.17) is 5.11 Å². The fourth-order valence-electron chi connectivity index (χ4n) is 2.26. The van der Waals surface area contributed by atoms with Crippen molar-refractivity contribution in [2.45, 2.75) is 57.7 Å². The van der Waals surface area contributed by atoms with Crippen molar-refractivity contribution in [3.05, 3.63) is 0 Å². The summed E-state index contributed by atoms with van der Waals surface area (Å²) in [6.07, 6.45) is 2.00. The standard InChI is InChI=1S/C12H22N2O4/c1-3-5-8(4-2)13-12(18)14-7-9(15)6-10(14)11(16)17/h8-10,15H,3-7H2,1-2H3,(H,13,18)(H,16,17)/t8?,9?,10-/m0/s1. The number of aliphatic hydroxyl groups excluding tert-OH is 1. The highest BCUT2D eigenvalue weighted by Gasteiger charge is 2.39. The Morgan fingerprint density at radius 3 is 2.61 bits per heavy atom. The molecule has 1 aliphatic heterocycles. The molecule has 2 amide bonds. The molecule has 6 heteroatoms. The first-order chi connectivity index (χ1) is 8.49. The van der Waals surface area contributed by atoms with E-state index in [1.165, 1.54) is 4.90 Å². The number of β-amino-alcohol motifs (C(OH)–C–C–N with tert-alkyl or cyclic N) is 1. The number of carboxylic acids is 1. The molecule has 0 radical (unpaired) electrons. The molecule has 3 N–H and O–H groups in total. The second-order valence-electron chi connectivity index (χ2n) is 4.74. The van der Waals surface area contributed by atoms with E-state index in [0.29, 0.717) is 0 Å². The van der Waals surface area contributed by atoms with E-state index >= 15 is 0 Å². The topological polar surface area (TPSA) is 89.9 Å². The lowest BCUT2D eigenvalue weighted by atomic mass is 10.1. The molecule has 0 aliphatic carbocycles. The van der Waals surface area contributed by atoms with Gasteiger partial charge in [0.1, 0.15) is 6.04 Å². The number of aliphatic hydroxyl groups is 1. The third-order valence-electron chi connectivity index (χ3n) is 3.28. The first kappa shape index (κ1) is 14.8. The van der Waals surface area contributed by atoms with Gasteiger partial charge in [-0.25, -0.2) is 9.59 Å². The molecule has 2 unspecified atom stereocenters. The Hall–Kier alpha value is -1.30. The van der Waals surface area contributed by atoms with Crippen LogP contribution in [0.3, 0.4) is 0 Å². The number of carbonyl (C=O) groups excluding carboxylic acids is 1. The van der Waals surface area contributed by atoms with Gasteiger partial charge >= 0.3 is 12.0 Å². The molecule has 0 aromatic carbocycles. The van der Waals surface area contributed by atoms with Gasteiger partial charge in [0.05, 0.1) is 6.10 Å². The first-order valence-electron chi connectivity index (χ1n) is 6.47. The number of urea groups is 1. The summed E-state index contributed by atoms with van der Waals surface area (Å²) in [5.74, 6) is -1.06. The monoisotopic (exact) mass is 258 g/mol. The van der Waals surface area contributed by atoms with E-state index in [-0.39, 0.29) is 25.0 Å². The Balaban J connectivity index is 2.61. The molecular weight excluding hydrogens is 236 g/mol. The molecule has 1 fully saturated rings. The van der Waals surface area contributed by atoms with Gasteiger partial charge < -0.3 is 20.4 Å². The van der Waals surface area contributed by atoms with Crippen LogP contribution in [0.4, 0.5) is 4.79 Å². The lowest BCUT2D eigenvalue weighted by Crippen LogP contribution is -2.49. The number of hydrogen-bond acceptors (Lipinski definition) is 3. The Bertz CT molecular complexity index is 308. The van der Waals surface area contributed by atoms with Gasteiger partial charge in [-0.3, -0.25) is 0 Å². The van der Waals surface area contributed by atoms with Crippen molar-refractivity contribution in [2.75, 3.05) is 6.54 Å². The summed E-state index contributed by atoms with van der Waals surface area (Å²) in [5, 5.41) is 21.3. The van der Waals surface area contributed by atoms with E-state index in [9.17, 15) is 14.7 Å². The minimum absolute atomic E-state index is 0.0645. The molecule has 6 nitrogen and oxygen atoms in total. The summed E-state index contributed by atoms with van der Waals surface area (Å²) in [6.45, 7) is 4.11. The quantitative estimate of drug-likeness (QED) is 0.680. The number of aliphatic carboxylic acids is 1. The number of carboxylic acid groups (broad SMARTS) is 1. The summed E-state index contributed by atoms with van der Waals surface area (Å²) < 4.78 is 0. The largest absolute Gasteiger partial charge is 0.480 e. The smallest absolute Gasteiger partial charge is 0.326 e. The minimum Gasteiger partial charge on any atom is -0.480 e. The van der Waals surface area contributed by atoms with Crippen LogP contribution in [0.15, 0.2) is 0 Å². The van der Waals surface area contributed by atoms with Gasteiger partial charge in [0.2, 0.25) is 0 Å². The molecule has 1 aliphatic rings. The second kappa shape index (κ2) is 6.58. The van der Waals surface area contributed by atoms with Crippen LogP contribution in [0.2, 0.25) is 0 Å². The average Bonchev–Trinajstić information content (AvgIpc) is 2.71. The van der Waals surface area contributed by atoms with E-state index < -0.39 is 18.1 Å². The maximum atomic E-state index is 12.0. The van der Waals surface area contributed by atoms with Gasteiger partial charge in [0.25, 0.3) is 0 Å². The van der Waals surface area contributed by atoms with E-state index in [0.717, 1.165) is 19.3 Å². The zero-order valence-corrected chi connectivity index (χ0v) is 10.9. The number of rotatable bonds is 5. The van der Waals surface area contributed by atoms with Crippen LogP contribution in [0.25, 0.3) is 0 Å². The maximum absolute atomic E-state index is 12.0. The number of hydrogen-bond donors (Lipinski definition) is 3. The van der Waals surface area contributed by atoms with Crippen molar-refractivity contribution in [3.63, 3.8) is 0 Å². The number of amides is 2. The molecule has 0 saturated carbocycles. The fourth-order valence-corrected chi connectivity index (χ4v) is 2.26. The third-order valence-corrected chi connectivity index (χ3v) is 3.28. The highest BCUT2D eigenvalue weighted by Crippen LogP contribution is 2.18. The molecule has 0 aromatic heterocycles. The zero-order valence-electron chi connectivity index (χ0n) is 10.9. The number of nitrogens with zero attached hydrogens (tertiary/aromatic N) is 1. The Morgan fingerprint density at radius 1 is 1.44 bits per heavy atom. The molecule has 0 spiro atoms. The summed E-state index contributed by atoms with van der Waals surface area (Å²) in [4.78, 5) is 24.2. The molecule has 1 saturated heterocycles. The van der Waals surface area contributed by atoms with Crippen molar-refractivity contribution in [2.24, 2.45) is 0 Å². The lowest BCUT2D eigenvalue weighted by molar-refractivity contribution is -0.141. The van der Waals surface area contributed by atoms with E-state index in [2.05, 4.69) is 5.32 Å². The zero-order chi connectivity index (χ0) is 13.7. The highest BCUT2D eigenvalue weighted by atomic mass is 16.4. The fraction of sp³-hybridized carbons (Fsp3) is 0.833. The Labute approximate surface area is 107 Å². The van der Waals surface area contributed by atoms with Gasteiger partial charge in [-0.2, -0.15) is 0 Å². The molecule has 104 valence electrons. The number of carbonyl (C=O) groups is 2. The molecule has 1 rings (SSSR count). The third kappa shape index (κ3) is 3.60. The summed E-state index contributed by atoms with van der Waals surface area (Å²) >= 11 is 0. The van der Waals surface area contributed by atoms with Crippen LogP contribution < -0.4 is 5.32 Å². The summed E-state index contributed by atoms with van der Waals surface area (Å²) in [5.41, 5.74) is 0. The average molecular weight is 258 g/mol. The summed E-state index contributed by atoms with van der Waals surface area (Å²) in [7, 11) is 0. The predicted octanol–water partition coefficient (Wildman–Crippen LogP) is 0.794. The Kier molecular flexibility index (Phi) is 5.40. The number of likely N-dealkylation sites (tertiary alicyclic amines) is 1. The van der Waals surface area contributed by atoms with Crippen molar-refractivity contribution in [1.82, 2.24) is 10.2 Å². The number of nitrogens with one attached hydrogen (secondary N) is 1. The van der Waals surface area contributed by atoms with E-state index in [1.54, 1.807) is 0 Å². The molecule has 18 heavy (non-hydrogen) atoms. The Morgan fingerprint density at radius 2 is 2.11 bits per heavy atom. The molecule has 1 heterocycles. The van der Waals surface area contributed by atoms with Crippen LogP contribution in [0, 0.1) is 0 Å². The van der Waals surface area contributed by atoms with Crippen molar-refractivity contribution in [1.29, 1.82) is 0 Å². The normalized spacial score (nSPS) is 24.9. The second-order valence-corrected chi connectivity index (χ2v) is 4.74. The molecule has 0 aromatic rings. The van der Waals surface area contributed by atoms with Crippen molar-refractivity contribution >= 4 is 12.0 Å². The van der Waals surface area contributed by atoms with Gasteiger partial charge in [-0.05, 0) is 12.8 Å². The molecule has 3 atom stereocenters. The van der Waals surface area contributed by atoms with Crippen LogP contribution in [0.1, 0.15) is 39.5 Å². The van der Waals surface area contributed by atoms with Gasteiger partial charge in [-0.15, -0.1) is 0 Å². The minimum atomic E-state index is -1.06. The van der Waals surface area contributed by atoms with Crippen LogP contribution in [-0.4, -0.2) is 51.8 Å². The lowest BCUT2D eigenvalue weighted by Gasteiger charge is -2.25. The van der Waals surface area contributed by atoms with Crippen LogP contribution >= 0.6 is 0 Å². The highest BCUT2D eigenvalue weighted by molar-refractivity contribution is 5.83. The summed E-state index contributed by atoms with van der Waals surface area (Å²) in [6, 6.07) is -1.24. The first-order valence-corrected chi connectivity index (χ1v) is 6.47.